The molecule has 2 aromatic carbocycles. The fourth-order valence-electron chi connectivity index (χ4n) is 3.88. The van der Waals surface area contributed by atoms with Crippen molar-refractivity contribution in [2.45, 2.75) is 34.6 Å². The van der Waals surface area contributed by atoms with E-state index in [1.807, 2.05) is 50.2 Å². The molecule has 1 N–H and O–H groups in total. The number of aromatic nitrogens is 3. The molecule has 0 saturated carbocycles. The monoisotopic (exact) mass is 440 g/mol. The molecule has 6 nitrogen and oxygen atoms in total. The van der Waals surface area contributed by atoms with Crippen LogP contribution in [0.4, 0.5) is 5.82 Å². The summed E-state index contributed by atoms with van der Waals surface area (Å²) < 4.78 is 7.14. The van der Waals surface area contributed by atoms with Gasteiger partial charge in [-0.1, -0.05) is 23.8 Å². The van der Waals surface area contributed by atoms with Crippen LogP contribution in [-0.2, 0) is 4.79 Å². The number of carbonyl (C=O) groups excluding carboxylic acids is 1. The van der Waals surface area contributed by atoms with Crippen molar-refractivity contribution in [1.82, 2.24) is 14.8 Å². The van der Waals surface area contributed by atoms with Crippen molar-refractivity contribution in [3.8, 4) is 11.6 Å². The molecule has 0 unspecified atom stereocenters. The number of fused-ring (bicyclic) bond motifs is 1. The lowest BCUT2D eigenvalue weighted by atomic mass is 10.0. The molecule has 0 atom stereocenters. The molecule has 0 bridgehead atoms. The number of amides is 1. The predicted octanol–water partition coefficient (Wildman–Crippen LogP) is 5.70. The Hall–Kier alpha value is -3.93. The third-order valence-corrected chi connectivity index (χ3v) is 5.36. The normalized spacial score (nSPS) is 11.3. The predicted molar refractivity (Wildman–Crippen MR) is 133 cm³/mol. The van der Waals surface area contributed by atoms with Crippen molar-refractivity contribution in [2.75, 3.05) is 11.9 Å². The van der Waals surface area contributed by atoms with E-state index >= 15 is 0 Å². The second-order valence-electron chi connectivity index (χ2n) is 8.18. The zero-order valence-corrected chi connectivity index (χ0v) is 19.6. The van der Waals surface area contributed by atoms with Gasteiger partial charge in [-0.05, 0) is 81.7 Å². The van der Waals surface area contributed by atoms with E-state index in [2.05, 4.69) is 43.3 Å². The van der Waals surface area contributed by atoms with Crippen molar-refractivity contribution >= 4 is 28.7 Å². The number of rotatable bonds is 6. The Balaban J connectivity index is 1.59. The molecular formula is C27H28N4O2. The summed E-state index contributed by atoms with van der Waals surface area (Å²) in [5, 5.41) is 8.64. The SMILES string of the molecule is CCOc1ccc(/C=C/C(=O)Nc2cc(C)nn2-c2cc(C)c3cc(C)cc(C)c3n2)cc1. The van der Waals surface area contributed by atoms with Crippen LogP contribution in [0.2, 0.25) is 0 Å². The number of benzene rings is 2. The highest BCUT2D eigenvalue weighted by Gasteiger charge is 2.14. The van der Waals surface area contributed by atoms with Crippen LogP contribution in [-0.4, -0.2) is 27.3 Å². The summed E-state index contributed by atoms with van der Waals surface area (Å²) in [6, 6.07) is 15.7. The van der Waals surface area contributed by atoms with Gasteiger partial charge in [-0.3, -0.25) is 4.79 Å². The Kier molecular flexibility index (Phi) is 6.27. The van der Waals surface area contributed by atoms with Crippen LogP contribution in [0.5, 0.6) is 5.75 Å². The van der Waals surface area contributed by atoms with Crippen LogP contribution >= 0.6 is 0 Å². The van der Waals surface area contributed by atoms with Crippen LogP contribution in [0.1, 0.15) is 34.9 Å². The molecule has 2 aromatic heterocycles. The molecule has 33 heavy (non-hydrogen) atoms. The minimum atomic E-state index is -0.241. The number of anilines is 1. The van der Waals surface area contributed by atoms with E-state index in [1.54, 1.807) is 10.8 Å². The molecule has 2 heterocycles. The highest BCUT2D eigenvalue weighted by atomic mass is 16.5. The Morgan fingerprint density at radius 1 is 1.03 bits per heavy atom. The number of carbonyl (C=O) groups is 1. The Labute approximate surface area is 193 Å². The maximum Gasteiger partial charge on any atom is 0.249 e. The van der Waals surface area contributed by atoms with Gasteiger partial charge in [-0.2, -0.15) is 9.78 Å². The number of nitrogens with zero attached hydrogens (tertiary/aromatic N) is 3. The van der Waals surface area contributed by atoms with E-state index < -0.39 is 0 Å². The van der Waals surface area contributed by atoms with Crippen LogP contribution in [0.15, 0.2) is 54.6 Å². The molecular weight excluding hydrogens is 412 g/mol. The first-order valence-corrected chi connectivity index (χ1v) is 11.0. The fourth-order valence-corrected chi connectivity index (χ4v) is 3.88. The van der Waals surface area contributed by atoms with E-state index in [-0.39, 0.29) is 5.91 Å². The van der Waals surface area contributed by atoms with Gasteiger partial charge in [-0.25, -0.2) is 4.98 Å². The van der Waals surface area contributed by atoms with E-state index in [4.69, 9.17) is 9.72 Å². The number of hydrogen-bond acceptors (Lipinski definition) is 4. The maximum atomic E-state index is 12.6. The first-order chi connectivity index (χ1) is 15.8. The van der Waals surface area contributed by atoms with Gasteiger partial charge < -0.3 is 10.1 Å². The zero-order chi connectivity index (χ0) is 23.5. The molecule has 6 heteroatoms. The number of hydrogen-bond donors (Lipinski definition) is 1. The summed E-state index contributed by atoms with van der Waals surface area (Å²) in [7, 11) is 0. The summed E-state index contributed by atoms with van der Waals surface area (Å²) in [5.74, 6) is 1.81. The second kappa shape index (κ2) is 9.28. The Morgan fingerprint density at radius 2 is 1.79 bits per heavy atom. The minimum Gasteiger partial charge on any atom is -0.494 e. The van der Waals surface area contributed by atoms with Crippen molar-refractivity contribution in [2.24, 2.45) is 0 Å². The lowest BCUT2D eigenvalue weighted by Gasteiger charge is -2.12. The van der Waals surface area contributed by atoms with Crippen molar-refractivity contribution in [3.63, 3.8) is 0 Å². The lowest BCUT2D eigenvalue weighted by Crippen LogP contribution is -2.13. The Bertz CT molecular complexity index is 1350. The van der Waals surface area contributed by atoms with Crippen molar-refractivity contribution in [1.29, 1.82) is 0 Å². The number of pyridine rings is 1. The average Bonchev–Trinajstić information content (AvgIpc) is 3.14. The van der Waals surface area contributed by atoms with Gasteiger partial charge in [0.05, 0.1) is 17.8 Å². The van der Waals surface area contributed by atoms with Gasteiger partial charge in [0.15, 0.2) is 5.82 Å². The average molecular weight is 441 g/mol. The molecule has 0 aliphatic heterocycles. The lowest BCUT2D eigenvalue weighted by molar-refractivity contribution is -0.111. The van der Waals surface area contributed by atoms with Gasteiger partial charge in [0.25, 0.3) is 0 Å². The molecule has 4 aromatic rings. The third kappa shape index (κ3) is 4.95. The smallest absolute Gasteiger partial charge is 0.249 e. The van der Waals surface area contributed by atoms with Gasteiger partial charge in [0, 0.05) is 17.5 Å². The summed E-state index contributed by atoms with van der Waals surface area (Å²) in [6.45, 7) is 10.7. The molecule has 0 saturated heterocycles. The maximum absolute atomic E-state index is 12.6. The fraction of sp³-hybridized carbons (Fsp3) is 0.222. The molecule has 0 aliphatic carbocycles. The van der Waals surface area contributed by atoms with E-state index in [9.17, 15) is 4.79 Å². The first-order valence-electron chi connectivity index (χ1n) is 11.0. The van der Waals surface area contributed by atoms with E-state index in [0.29, 0.717) is 18.2 Å². The van der Waals surface area contributed by atoms with Crippen molar-refractivity contribution in [3.05, 3.63) is 82.6 Å². The Morgan fingerprint density at radius 3 is 2.52 bits per heavy atom. The van der Waals surface area contributed by atoms with Gasteiger partial charge in [-0.15, -0.1) is 0 Å². The summed E-state index contributed by atoms with van der Waals surface area (Å²) >= 11 is 0. The number of aryl methyl sites for hydroxylation is 4. The van der Waals surface area contributed by atoms with Crippen LogP contribution in [0, 0.1) is 27.7 Å². The second-order valence-corrected chi connectivity index (χ2v) is 8.18. The molecule has 0 radical (unpaired) electrons. The third-order valence-electron chi connectivity index (χ3n) is 5.36. The highest BCUT2D eigenvalue weighted by molar-refractivity contribution is 6.01. The molecule has 1 amide bonds. The van der Waals surface area contributed by atoms with Crippen molar-refractivity contribution < 1.29 is 9.53 Å². The van der Waals surface area contributed by atoms with Crippen LogP contribution < -0.4 is 10.1 Å². The first kappa shape index (κ1) is 22.3. The molecule has 0 fully saturated rings. The zero-order valence-electron chi connectivity index (χ0n) is 19.6. The molecule has 0 aliphatic rings. The molecule has 4 rings (SSSR count). The summed E-state index contributed by atoms with van der Waals surface area (Å²) in [5.41, 5.74) is 6.08. The van der Waals surface area contributed by atoms with E-state index in [0.717, 1.165) is 39.0 Å². The molecule has 168 valence electrons. The van der Waals surface area contributed by atoms with E-state index in [1.165, 1.54) is 11.6 Å². The summed E-state index contributed by atoms with van der Waals surface area (Å²) in [4.78, 5) is 17.5. The summed E-state index contributed by atoms with van der Waals surface area (Å²) in [6.07, 6.45) is 3.27. The topological polar surface area (TPSA) is 69.0 Å². The van der Waals surface area contributed by atoms with Gasteiger partial charge >= 0.3 is 0 Å². The van der Waals surface area contributed by atoms with Crippen LogP contribution in [0.25, 0.3) is 22.8 Å². The number of ether oxygens (including phenoxy) is 1. The van der Waals surface area contributed by atoms with Gasteiger partial charge in [0.1, 0.15) is 11.6 Å². The van der Waals surface area contributed by atoms with Gasteiger partial charge in [0.2, 0.25) is 5.91 Å². The van der Waals surface area contributed by atoms with Crippen LogP contribution in [0.3, 0.4) is 0 Å². The number of nitrogens with one attached hydrogen (secondary N) is 1. The molecule has 0 spiro atoms. The highest BCUT2D eigenvalue weighted by Crippen LogP contribution is 2.26. The quantitative estimate of drug-likeness (QED) is 0.390. The largest absolute Gasteiger partial charge is 0.494 e. The minimum absolute atomic E-state index is 0.241. The standard InChI is InChI=1S/C27H28N4O2/c1-6-33-22-10-7-21(8-11-22)9-12-26(32)28-25-16-20(5)30-31(25)24-15-18(3)23-14-17(2)13-19(4)27(23)29-24/h7-16H,6H2,1-5H3,(H,28,32)/b12-9+.